The number of carbonyl (C=O) groups is 2. The summed E-state index contributed by atoms with van der Waals surface area (Å²) in [5, 5.41) is 14.1. The predicted molar refractivity (Wildman–Crippen MR) is 81.1 cm³/mol. The summed E-state index contributed by atoms with van der Waals surface area (Å²) in [4.78, 5) is 24.0. The van der Waals surface area contributed by atoms with E-state index >= 15 is 0 Å². The number of carbonyl (C=O) groups excluding carboxylic acids is 2. The molecule has 2 N–H and O–H groups in total. The molecule has 7 heteroatoms. The summed E-state index contributed by atoms with van der Waals surface area (Å²) in [6.45, 7) is 2.06. The molecule has 1 aliphatic rings. The van der Waals surface area contributed by atoms with Crippen LogP contribution >= 0.6 is 0 Å². The Balaban J connectivity index is 2.30. The maximum absolute atomic E-state index is 12.3. The van der Waals surface area contributed by atoms with Crippen LogP contribution in [0.4, 0.5) is 4.79 Å². The SMILES string of the molecule is COCCOC(=O)C1=C(C)NC(=O)N[C@H]1c1ccc(C#N)cc1. The van der Waals surface area contributed by atoms with Gasteiger partial charge in [-0.2, -0.15) is 5.26 Å². The Morgan fingerprint density at radius 2 is 2.00 bits per heavy atom. The van der Waals surface area contributed by atoms with E-state index in [1.807, 2.05) is 6.07 Å². The van der Waals surface area contributed by atoms with Crippen LogP contribution in [0.2, 0.25) is 0 Å². The van der Waals surface area contributed by atoms with Crippen LogP contribution in [-0.2, 0) is 14.3 Å². The zero-order valence-corrected chi connectivity index (χ0v) is 12.9. The molecular formula is C16H17N3O4. The highest BCUT2D eigenvalue weighted by molar-refractivity contribution is 5.95. The van der Waals surface area contributed by atoms with E-state index in [4.69, 9.17) is 14.7 Å². The molecule has 1 atom stereocenters. The van der Waals surface area contributed by atoms with Crippen molar-refractivity contribution in [3.8, 4) is 6.07 Å². The number of hydrogen-bond donors (Lipinski definition) is 2. The minimum absolute atomic E-state index is 0.125. The van der Waals surface area contributed by atoms with Crippen LogP contribution < -0.4 is 10.6 Å². The Labute approximate surface area is 133 Å². The summed E-state index contributed by atoms with van der Waals surface area (Å²) >= 11 is 0. The molecule has 0 spiro atoms. The molecule has 0 saturated carbocycles. The topological polar surface area (TPSA) is 100 Å². The molecule has 0 radical (unpaired) electrons. The average molecular weight is 315 g/mol. The summed E-state index contributed by atoms with van der Waals surface area (Å²) in [5.41, 5.74) is 1.95. The van der Waals surface area contributed by atoms with Gasteiger partial charge in [-0.1, -0.05) is 12.1 Å². The normalized spacial score (nSPS) is 17.1. The third kappa shape index (κ3) is 3.87. The number of amides is 2. The quantitative estimate of drug-likeness (QED) is 0.631. The van der Waals surface area contributed by atoms with Crippen molar-refractivity contribution in [3.05, 3.63) is 46.7 Å². The maximum Gasteiger partial charge on any atom is 0.338 e. The van der Waals surface area contributed by atoms with Crippen LogP contribution in [0.5, 0.6) is 0 Å². The fourth-order valence-corrected chi connectivity index (χ4v) is 2.26. The number of hydrogen-bond acceptors (Lipinski definition) is 5. The number of methoxy groups -OCH3 is 1. The minimum Gasteiger partial charge on any atom is -0.460 e. The molecule has 23 heavy (non-hydrogen) atoms. The van der Waals surface area contributed by atoms with Crippen molar-refractivity contribution in [2.24, 2.45) is 0 Å². The summed E-state index contributed by atoms with van der Waals surface area (Å²) in [7, 11) is 1.51. The van der Waals surface area contributed by atoms with Crippen LogP contribution in [-0.4, -0.2) is 32.3 Å². The molecule has 0 unspecified atom stereocenters. The molecule has 0 saturated heterocycles. The van der Waals surface area contributed by atoms with Gasteiger partial charge >= 0.3 is 12.0 Å². The first kappa shape index (κ1) is 16.5. The summed E-state index contributed by atoms with van der Waals surface area (Å²) < 4.78 is 10.0. The van der Waals surface area contributed by atoms with E-state index in [9.17, 15) is 9.59 Å². The highest BCUT2D eigenvalue weighted by atomic mass is 16.6. The van der Waals surface area contributed by atoms with Crippen molar-refractivity contribution in [1.82, 2.24) is 10.6 Å². The van der Waals surface area contributed by atoms with Crippen molar-refractivity contribution >= 4 is 12.0 Å². The fourth-order valence-electron chi connectivity index (χ4n) is 2.26. The van der Waals surface area contributed by atoms with Gasteiger partial charge in [0.1, 0.15) is 6.61 Å². The van der Waals surface area contributed by atoms with Crippen molar-refractivity contribution in [1.29, 1.82) is 5.26 Å². The molecule has 1 aliphatic heterocycles. The van der Waals surface area contributed by atoms with Gasteiger partial charge in [0, 0.05) is 12.8 Å². The molecule has 1 aromatic rings. The number of rotatable bonds is 5. The highest BCUT2D eigenvalue weighted by Crippen LogP contribution is 2.27. The lowest BCUT2D eigenvalue weighted by Crippen LogP contribution is -2.45. The Bertz CT molecular complexity index is 674. The first-order chi connectivity index (χ1) is 11.1. The largest absolute Gasteiger partial charge is 0.460 e. The van der Waals surface area contributed by atoms with E-state index in [0.29, 0.717) is 29.0 Å². The molecule has 0 bridgehead atoms. The van der Waals surface area contributed by atoms with Crippen molar-refractivity contribution < 1.29 is 19.1 Å². The van der Waals surface area contributed by atoms with Gasteiger partial charge in [0.2, 0.25) is 0 Å². The zero-order valence-electron chi connectivity index (χ0n) is 12.9. The number of nitrogens with zero attached hydrogens (tertiary/aromatic N) is 1. The number of urea groups is 1. The van der Waals surface area contributed by atoms with Crippen LogP contribution in [0, 0.1) is 11.3 Å². The summed E-state index contributed by atoms with van der Waals surface area (Å²) in [5.74, 6) is -0.526. The molecule has 0 aromatic heterocycles. The molecule has 2 amide bonds. The number of nitriles is 1. The molecular weight excluding hydrogens is 298 g/mol. The molecule has 7 nitrogen and oxygen atoms in total. The molecule has 0 fully saturated rings. The number of allylic oxidation sites excluding steroid dienone is 1. The Kier molecular flexibility index (Phi) is 5.33. The van der Waals surface area contributed by atoms with Crippen LogP contribution in [0.3, 0.4) is 0 Å². The number of esters is 1. The molecule has 0 aliphatic carbocycles. The van der Waals surface area contributed by atoms with Gasteiger partial charge in [0.05, 0.1) is 29.9 Å². The first-order valence-electron chi connectivity index (χ1n) is 7.01. The van der Waals surface area contributed by atoms with Gasteiger partial charge in [-0.3, -0.25) is 0 Å². The second kappa shape index (κ2) is 7.42. The Hall–Kier alpha value is -2.85. The third-order valence-corrected chi connectivity index (χ3v) is 3.38. The van der Waals surface area contributed by atoms with Gasteiger partial charge in [-0.15, -0.1) is 0 Å². The standard InChI is InChI=1S/C16H17N3O4/c1-10-13(15(20)23-8-7-22-2)14(19-16(21)18-10)12-5-3-11(9-17)4-6-12/h3-6,14H,7-8H2,1-2H3,(H2,18,19,21)/t14-/m0/s1. The number of benzene rings is 1. The molecule has 1 aromatic carbocycles. The van der Waals surface area contributed by atoms with E-state index < -0.39 is 18.0 Å². The van der Waals surface area contributed by atoms with E-state index in [1.165, 1.54) is 7.11 Å². The van der Waals surface area contributed by atoms with E-state index in [-0.39, 0.29) is 6.61 Å². The highest BCUT2D eigenvalue weighted by Gasteiger charge is 2.32. The molecule has 2 rings (SSSR count). The Morgan fingerprint density at radius 3 is 2.61 bits per heavy atom. The molecule has 120 valence electrons. The lowest BCUT2D eigenvalue weighted by molar-refractivity contribution is -0.140. The van der Waals surface area contributed by atoms with Crippen molar-refractivity contribution in [2.75, 3.05) is 20.3 Å². The van der Waals surface area contributed by atoms with Gasteiger partial charge in [0.15, 0.2) is 0 Å². The number of nitrogens with one attached hydrogen (secondary N) is 2. The minimum atomic E-state index is -0.633. The molecule has 1 heterocycles. The van der Waals surface area contributed by atoms with Gasteiger partial charge in [0.25, 0.3) is 0 Å². The second-order valence-corrected chi connectivity index (χ2v) is 4.93. The predicted octanol–water partition coefficient (Wildman–Crippen LogP) is 1.38. The smallest absolute Gasteiger partial charge is 0.338 e. The maximum atomic E-state index is 12.3. The van der Waals surface area contributed by atoms with Gasteiger partial charge < -0.3 is 20.1 Å². The van der Waals surface area contributed by atoms with Crippen LogP contribution in [0.15, 0.2) is 35.5 Å². The zero-order chi connectivity index (χ0) is 16.8. The van der Waals surface area contributed by atoms with Gasteiger partial charge in [-0.05, 0) is 24.6 Å². The first-order valence-corrected chi connectivity index (χ1v) is 7.01. The monoisotopic (exact) mass is 315 g/mol. The van der Waals surface area contributed by atoms with E-state index in [2.05, 4.69) is 10.6 Å². The number of ether oxygens (including phenoxy) is 2. The van der Waals surface area contributed by atoms with Crippen LogP contribution in [0.1, 0.15) is 24.1 Å². The van der Waals surface area contributed by atoms with E-state index in [0.717, 1.165) is 0 Å². The summed E-state index contributed by atoms with van der Waals surface area (Å²) in [6.07, 6.45) is 0. The fraction of sp³-hybridized carbons (Fsp3) is 0.312. The summed E-state index contributed by atoms with van der Waals surface area (Å²) in [6, 6.07) is 7.66. The van der Waals surface area contributed by atoms with Crippen LogP contribution in [0.25, 0.3) is 0 Å². The lowest BCUT2D eigenvalue weighted by Gasteiger charge is -2.28. The second-order valence-electron chi connectivity index (χ2n) is 4.93. The van der Waals surface area contributed by atoms with Crippen molar-refractivity contribution in [2.45, 2.75) is 13.0 Å². The third-order valence-electron chi connectivity index (χ3n) is 3.38. The van der Waals surface area contributed by atoms with E-state index in [1.54, 1.807) is 31.2 Å². The average Bonchev–Trinajstić information content (AvgIpc) is 2.54. The Morgan fingerprint density at radius 1 is 1.30 bits per heavy atom. The lowest BCUT2D eigenvalue weighted by atomic mass is 9.95. The van der Waals surface area contributed by atoms with Crippen molar-refractivity contribution in [3.63, 3.8) is 0 Å². The van der Waals surface area contributed by atoms with Gasteiger partial charge in [-0.25, -0.2) is 9.59 Å².